The van der Waals surface area contributed by atoms with Crippen LogP contribution in [0.25, 0.3) is 0 Å². The van der Waals surface area contributed by atoms with E-state index in [9.17, 15) is 18.3 Å². The number of halogens is 3. The summed E-state index contributed by atoms with van der Waals surface area (Å²) in [6.45, 7) is 3.42. The molecule has 0 aliphatic carbocycles. The third-order valence-electron chi connectivity index (χ3n) is 4.46. The summed E-state index contributed by atoms with van der Waals surface area (Å²) in [6, 6.07) is 7.01. The summed E-state index contributed by atoms with van der Waals surface area (Å²) in [5, 5.41) is 12.4. The van der Waals surface area contributed by atoms with Gasteiger partial charge in [0, 0.05) is 5.75 Å². The summed E-state index contributed by atoms with van der Waals surface area (Å²) in [4.78, 5) is 0. The monoisotopic (exact) mass is 360 g/mol. The lowest BCUT2D eigenvalue weighted by Crippen LogP contribution is -2.50. The number of thioether (sulfide) groups is 1. The van der Waals surface area contributed by atoms with Crippen LogP contribution in [0.3, 0.4) is 0 Å². The van der Waals surface area contributed by atoms with Crippen LogP contribution >= 0.6 is 11.8 Å². The molecule has 1 aromatic carbocycles. The van der Waals surface area contributed by atoms with Crippen LogP contribution in [-0.2, 0) is 5.41 Å². The second kappa shape index (κ2) is 7.00. The Labute approximate surface area is 145 Å². The van der Waals surface area contributed by atoms with Crippen molar-refractivity contribution in [3.63, 3.8) is 0 Å². The number of aliphatic hydroxyl groups is 1. The van der Waals surface area contributed by atoms with E-state index in [4.69, 9.17) is 4.74 Å². The van der Waals surface area contributed by atoms with Crippen LogP contribution in [-0.4, -0.2) is 29.7 Å². The average molecular weight is 360 g/mol. The van der Waals surface area contributed by atoms with E-state index in [2.05, 4.69) is 0 Å². The Hall–Kier alpha value is -1.14. The lowest BCUT2D eigenvalue weighted by Gasteiger charge is -2.39. The molecule has 0 saturated carbocycles. The first kappa shape index (κ1) is 19.2. The predicted molar refractivity (Wildman–Crippen MR) is 91.3 cm³/mol. The fraction of sp³-hybridized carbons (Fsp3) is 0.556. The summed E-state index contributed by atoms with van der Waals surface area (Å²) in [5.41, 5.74) is -2.98. The number of hydrogen-bond donors (Lipinski definition) is 1. The van der Waals surface area contributed by atoms with Crippen LogP contribution in [0.2, 0.25) is 0 Å². The Morgan fingerprint density at radius 3 is 2.46 bits per heavy atom. The van der Waals surface area contributed by atoms with E-state index in [0.717, 1.165) is 0 Å². The highest BCUT2D eigenvalue weighted by atomic mass is 32.2. The van der Waals surface area contributed by atoms with E-state index in [1.165, 1.54) is 18.9 Å². The van der Waals surface area contributed by atoms with Crippen molar-refractivity contribution in [3.8, 4) is 5.75 Å². The molecule has 0 saturated heterocycles. The van der Waals surface area contributed by atoms with Crippen molar-refractivity contribution in [2.75, 3.05) is 12.9 Å². The van der Waals surface area contributed by atoms with Crippen LogP contribution in [0.4, 0.5) is 13.2 Å². The topological polar surface area (TPSA) is 29.5 Å². The molecule has 1 aromatic rings. The molecule has 1 aliphatic heterocycles. The number of methoxy groups -OCH3 is 1. The van der Waals surface area contributed by atoms with E-state index in [1.54, 1.807) is 49.6 Å². The molecule has 1 N–H and O–H groups in total. The zero-order valence-electron chi connectivity index (χ0n) is 14.1. The second-order valence-corrected chi connectivity index (χ2v) is 7.86. The molecule has 0 bridgehead atoms. The zero-order chi connectivity index (χ0) is 18.0. The van der Waals surface area contributed by atoms with Gasteiger partial charge in [0.2, 0.25) is 0 Å². The van der Waals surface area contributed by atoms with Gasteiger partial charge in [-0.1, -0.05) is 38.1 Å². The third-order valence-corrected chi connectivity index (χ3v) is 5.43. The number of allylic oxidation sites excluding steroid dienone is 1. The molecule has 2 atom stereocenters. The first-order valence-electron chi connectivity index (χ1n) is 7.80. The molecule has 2 unspecified atom stereocenters. The van der Waals surface area contributed by atoms with Gasteiger partial charge in [0.15, 0.2) is 5.60 Å². The van der Waals surface area contributed by atoms with Crippen molar-refractivity contribution in [1.82, 2.24) is 0 Å². The first-order valence-corrected chi connectivity index (χ1v) is 8.85. The summed E-state index contributed by atoms with van der Waals surface area (Å²) in [5.74, 6) is 0.839. The molecule has 134 valence electrons. The Balaban J connectivity index is 2.32. The standard InChI is InChI=1S/C18H23F3O2S/c1-16(2,14-6-4-5-7-15(14)23-3)12-17(22,18(19,20)21)10-13-8-9-24-11-13/h4-9,13,22H,10-12H2,1-3H3. The van der Waals surface area contributed by atoms with Crippen molar-refractivity contribution >= 4 is 11.8 Å². The summed E-state index contributed by atoms with van der Waals surface area (Å²) >= 11 is 1.47. The Kier molecular flexibility index (Phi) is 5.60. The minimum absolute atomic E-state index is 0.268. The maximum Gasteiger partial charge on any atom is 0.417 e. The van der Waals surface area contributed by atoms with Crippen molar-refractivity contribution < 1.29 is 23.0 Å². The number of ether oxygens (including phenoxy) is 1. The van der Waals surface area contributed by atoms with Gasteiger partial charge in [0.05, 0.1) is 7.11 Å². The van der Waals surface area contributed by atoms with Gasteiger partial charge in [-0.2, -0.15) is 13.2 Å². The highest BCUT2D eigenvalue weighted by Gasteiger charge is 2.56. The maximum atomic E-state index is 13.7. The molecular weight excluding hydrogens is 337 g/mol. The maximum absolute atomic E-state index is 13.7. The Bertz CT molecular complexity index is 598. The summed E-state index contributed by atoms with van der Waals surface area (Å²) in [6.07, 6.45) is -3.68. The normalized spacial score (nSPS) is 20.9. The van der Waals surface area contributed by atoms with Crippen LogP contribution in [0, 0.1) is 5.92 Å². The van der Waals surface area contributed by atoms with Gasteiger partial charge in [-0.15, -0.1) is 11.8 Å². The lowest BCUT2D eigenvalue weighted by molar-refractivity contribution is -0.271. The molecule has 0 amide bonds. The van der Waals surface area contributed by atoms with Crippen LogP contribution in [0.1, 0.15) is 32.3 Å². The average Bonchev–Trinajstić information content (AvgIpc) is 2.98. The molecule has 24 heavy (non-hydrogen) atoms. The van der Waals surface area contributed by atoms with E-state index in [-0.39, 0.29) is 12.3 Å². The fourth-order valence-corrected chi connectivity index (χ4v) is 4.20. The molecule has 0 radical (unpaired) electrons. The van der Waals surface area contributed by atoms with Gasteiger partial charge >= 0.3 is 6.18 Å². The van der Waals surface area contributed by atoms with E-state index < -0.39 is 23.6 Å². The second-order valence-electron chi connectivity index (χ2n) is 6.92. The molecule has 1 heterocycles. The van der Waals surface area contributed by atoms with Gasteiger partial charge in [-0.3, -0.25) is 0 Å². The van der Waals surface area contributed by atoms with Crippen molar-refractivity contribution in [1.29, 1.82) is 0 Å². The number of para-hydroxylation sites is 1. The minimum atomic E-state index is -4.69. The van der Waals surface area contributed by atoms with Gasteiger partial charge in [0.25, 0.3) is 0 Å². The molecule has 2 nitrogen and oxygen atoms in total. The quantitative estimate of drug-likeness (QED) is 0.780. The SMILES string of the molecule is COc1ccccc1C(C)(C)CC(O)(CC1C=CSC1)C(F)(F)F. The number of rotatable bonds is 6. The van der Waals surface area contributed by atoms with Crippen molar-refractivity contribution in [3.05, 3.63) is 41.3 Å². The van der Waals surface area contributed by atoms with Crippen LogP contribution in [0.5, 0.6) is 5.75 Å². The molecule has 2 rings (SSSR count). The summed E-state index contributed by atoms with van der Waals surface area (Å²) < 4.78 is 46.3. The Morgan fingerprint density at radius 1 is 1.25 bits per heavy atom. The highest BCUT2D eigenvalue weighted by Crippen LogP contribution is 2.47. The van der Waals surface area contributed by atoms with Crippen molar-refractivity contribution in [2.45, 2.75) is 43.9 Å². The molecule has 0 fully saturated rings. The van der Waals surface area contributed by atoms with E-state index in [1.807, 2.05) is 0 Å². The largest absolute Gasteiger partial charge is 0.496 e. The molecule has 0 aromatic heterocycles. The lowest BCUT2D eigenvalue weighted by atomic mass is 9.72. The van der Waals surface area contributed by atoms with Gasteiger partial charge < -0.3 is 9.84 Å². The summed E-state index contributed by atoms with van der Waals surface area (Å²) in [7, 11) is 1.49. The van der Waals surface area contributed by atoms with Crippen LogP contribution < -0.4 is 4.74 Å². The highest BCUT2D eigenvalue weighted by molar-refractivity contribution is 8.02. The number of benzene rings is 1. The molecule has 0 spiro atoms. The van der Waals surface area contributed by atoms with Crippen molar-refractivity contribution in [2.24, 2.45) is 5.92 Å². The van der Waals surface area contributed by atoms with E-state index >= 15 is 0 Å². The number of alkyl halides is 3. The van der Waals surface area contributed by atoms with Gasteiger partial charge in [0.1, 0.15) is 5.75 Å². The van der Waals surface area contributed by atoms with Crippen LogP contribution in [0.15, 0.2) is 35.7 Å². The fourth-order valence-electron chi connectivity index (χ4n) is 3.28. The Morgan fingerprint density at radius 2 is 1.92 bits per heavy atom. The zero-order valence-corrected chi connectivity index (χ0v) is 14.9. The minimum Gasteiger partial charge on any atom is -0.496 e. The third kappa shape index (κ3) is 4.09. The molecule has 1 aliphatic rings. The van der Waals surface area contributed by atoms with Gasteiger partial charge in [-0.05, 0) is 41.2 Å². The molecular formula is C18H23F3O2S. The number of hydrogen-bond acceptors (Lipinski definition) is 3. The van der Waals surface area contributed by atoms with Gasteiger partial charge in [-0.25, -0.2) is 0 Å². The smallest absolute Gasteiger partial charge is 0.417 e. The van der Waals surface area contributed by atoms with E-state index in [0.29, 0.717) is 17.1 Å². The molecule has 6 heteroatoms. The predicted octanol–water partition coefficient (Wildman–Crippen LogP) is 4.92. The first-order chi connectivity index (χ1) is 11.1.